The standard InChI is InChI=1S/C7H13N3O5/c1-2-15-7(12)9-4-3-8-6(11)5-10(13)14/h2-5H2,1H3,(H,8,11)(H,9,12). The maximum atomic E-state index is 10.7. The van der Waals surface area contributed by atoms with Crippen LogP contribution in [0.15, 0.2) is 0 Å². The van der Waals surface area contributed by atoms with Crippen LogP contribution in [0.2, 0.25) is 0 Å². The molecule has 0 aromatic heterocycles. The number of hydrogen-bond acceptors (Lipinski definition) is 5. The summed E-state index contributed by atoms with van der Waals surface area (Å²) in [6, 6.07) is 0. The molecule has 0 atom stereocenters. The minimum Gasteiger partial charge on any atom is -0.450 e. The molecular weight excluding hydrogens is 206 g/mol. The first-order chi connectivity index (χ1) is 7.06. The molecular formula is C7H13N3O5. The van der Waals surface area contributed by atoms with Gasteiger partial charge in [0, 0.05) is 18.0 Å². The number of amides is 2. The Bertz CT molecular complexity index is 243. The number of nitro groups is 1. The van der Waals surface area contributed by atoms with E-state index in [1.165, 1.54) is 0 Å². The third kappa shape index (κ3) is 8.47. The summed E-state index contributed by atoms with van der Waals surface area (Å²) in [7, 11) is 0. The van der Waals surface area contributed by atoms with E-state index in [0.29, 0.717) is 0 Å². The van der Waals surface area contributed by atoms with Gasteiger partial charge in [0.25, 0.3) is 12.5 Å². The van der Waals surface area contributed by atoms with Crippen LogP contribution in [0, 0.1) is 10.1 Å². The summed E-state index contributed by atoms with van der Waals surface area (Å²) >= 11 is 0. The van der Waals surface area contributed by atoms with Crippen LogP contribution < -0.4 is 10.6 Å². The van der Waals surface area contributed by atoms with Crippen LogP contribution in [-0.2, 0) is 9.53 Å². The highest BCUT2D eigenvalue weighted by molar-refractivity contribution is 5.76. The van der Waals surface area contributed by atoms with Crippen LogP contribution in [0.25, 0.3) is 0 Å². The first kappa shape index (κ1) is 13.1. The van der Waals surface area contributed by atoms with Gasteiger partial charge in [0.05, 0.1) is 6.61 Å². The number of carbonyl (C=O) groups excluding carboxylic acids is 2. The number of hydrogen-bond donors (Lipinski definition) is 2. The van der Waals surface area contributed by atoms with Gasteiger partial charge in [-0.25, -0.2) is 4.79 Å². The quantitative estimate of drug-likeness (QED) is 0.342. The van der Waals surface area contributed by atoms with Gasteiger partial charge in [-0.3, -0.25) is 14.9 Å². The van der Waals surface area contributed by atoms with Crippen molar-refractivity contribution >= 4 is 12.0 Å². The van der Waals surface area contributed by atoms with Crippen molar-refractivity contribution < 1.29 is 19.2 Å². The van der Waals surface area contributed by atoms with Gasteiger partial charge in [-0.1, -0.05) is 0 Å². The molecule has 15 heavy (non-hydrogen) atoms. The SMILES string of the molecule is CCOC(=O)NCCNC(=O)C[N+](=O)[O-]. The number of alkyl carbamates (subject to hydrolysis) is 1. The number of ether oxygens (including phenoxy) is 1. The second-order valence-corrected chi connectivity index (χ2v) is 2.49. The highest BCUT2D eigenvalue weighted by Crippen LogP contribution is 1.75. The molecule has 0 saturated heterocycles. The van der Waals surface area contributed by atoms with Crippen LogP contribution >= 0.6 is 0 Å². The van der Waals surface area contributed by atoms with E-state index in [1.807, 2.05) is 0 Å². The third-order valence-electron chi connectivity index (χ3n) is 1.26. The van der Waals surface area contributed by atoms with E-state index in [1.54, 1.807) is 6.92 Å². The third-order valence-corrected chi connectivity index (χ3v) is 1.26. The van der Waals surface area contributed by atoms with Crippen molar-refractivity contribution in [1.82, 2.24) is 10.6 Å². The lowest BCUT2D eigenvalue weighted by Crippen LogP contribution is -2.37. The molecule has 0 rings (SSSR count). The zero-order valence-corrected chi connectivity index (χ0v) is 8.32. The molecule has 0 aliphatic carbocycles. The van der Waals surface area contributed by atoms with E-state index >= 15 is 0 Å². The summed E-state index contributed by atoms with van der Waals surface area (Å²) in [5, 5.41) is 14.5. The Morgan fingerprint density at radius 2 is 1.93 bits per heavy atom. The summed E-state index contributed by atoms with van der Waals surface area (Å²) in [5.74, 6) is -0.689. The van der Waals surface area contributed by atoms with Crippen molar-refractivity contribution in [3.63, 3.8) is 0 Å². The van der Waals surface area contributed by atoms with Crippen LogP contribution in [-0.4, -0.2) is 43.2 Å². The van der Waals surface area contributed by atoms with Crippen LogP contribution in [0.1, 0.15) is 6.92 Å². The Balaban J connectivity index is 3.42. The van der Waals surface area contributed by atoms with E-state index in [4.69, 9.17) is 0 Å². The number of carbonyl (C=O) groups is 2. The Morgan fingerprint density at radius 1 is 1.33 bits per heavy atom. The minimum atomic E-state index is -0.764. The molecule has 0 aliphatic rings. The van der Waals surface area contributed by atoms with E-state index in [-0.39, 0.29) is 19.7 Å². The fourth-order valence-electron chi connectivity index (χ4n) is 0.722. The average molecular weight is 219 g/mol. The summed E-state index contributed by atoms with van der Waals surface area (Å²) in [4.78, 5) is 30.6. The number of rotatable bonds is 6. The van der Waals surface area contributed by atoms with E-state index in [0.717, 1.165) is 0 Å². The molecule has 2 N–H and O–H groups in total. The lowest BCUT2D eigenvalue weighted by molar-refractivity contribution is -0.467. The van der Waals surface area contributed by atoms with Gasteiger partial charge in [-0.2, -0.15) is 0 Å². The summed E-state index contributed by atoms with van der Waals surface area (Å²) in [6.07, 6.45) is -0.582. The zero-order valence-electron chi connectivity index (χ0n) is 8.32. The largest absolute Gasteiger partial charge is 0.450 e. The lowest BCUT2D eigenvalue weighted by atomic mass is 10.5. The predicted molar refractivity (Wildman–Crippen MR) is 49.9 cm³/mol. The van der Waals surface area contributed by atoms with Crippen LogP contribution in [0.3, 0.4) is 0 Å². The molecule has 0 aromatic rings. The van der Waals surface area contributed by atoms with Gasteiger partial charge in [0.1, 0.15) is 0 Å². The molecule has 0 radical (unpaired) electrons. The Morgan fingerprint density at radius 3 is 2.47 bits per heavy atom. The molecule has 8 heteroatoms. The van der Waals surface area contributed by atoms with Crippen molar-refractivity contribution in [2.75, 3.05) is 26.2 Å². The van der Waals surface area contributed by atoms with Gasteiger partial charge in [-0.15, -0.1) is 0 Å². The summed E-state index contributed by atoms with van der Waals surface area (Å²) in [6.45, 7) is 1.46. The maximum absolute atomic E-state index is 10.7. The van der Waals surface area contributed by atoms with Crippen molar-refractivity contribution in [1.29, 1.82) is 0 Å². The Hall–Kier alpha value is -1.86. The first-order valence-corrected chi connectivity index (χ1v) is 4.35. The van der Waals surface area contributed by atoms with E-state index in [2.05, 4.69) is 15.4 Å². The molecule has 86 valence electrons. The highest BCUT2D eigenvalue weighted by Gasteiger charge is 2.07. The monoisotopic (exact) mass is 219 g/mol. The fourth-order valence-corrected chi connectivity index (χ4v) is 0.722. The summed E-state index contributed by atoms with van der Waals surface area (Å²) in [5.41, 5.74) is 0. The average Bonchev–Trinajstić information content (AvgIpc) is 2.12. The molecule has 0 aromatic carbocycles. The molecule has 0 aliphatic heterocycles. The molecule has 0 unspecified atom stereocenters. The topological polar surface area (TPSA) is 111 Å². The smallest absolute Gasteiger partial charge is 0.407 e. The van der Waals surface area contributed by atoms with Crippen molar-refractivity contribution in [3.05, 3.63) is 10.1 Å². The number of nitrogens with zero attached hydrogens (tertiary/aromatic N) is 1. The molecule has 0 bridgehead atoms. The predicted octanol–water partition coefficient (Wildman–Crippen LogP) is -0.875. The normalized spacial score (nSPS) is 9.13. The minimum absolute atomic E-state index is 0.130. The van der Waals surface area contributed by atoms with Crippen molar-refractivity contribution in [3.8, 4) is 0 Å². The Kier molecular flexibility index (Phi) is 6.60. The van der Waals surface area contributed by atoms with Gasteiger partial charge in [-0.05, 0) is 6.92 Å². The fraction of sp³-hybridized carbons (Fsp3) is 0.714. The van der Waals surface area contributed by atoms with E-state index in [9.17, 15) is 19.7 Å². The highest BCUT2D eigenvalue weighted by atomic mass is 16.6. The molecule has 0 heterocycles. The second kappa shape index (κ2) is 7.54. The van der Waals surface area contributed by atoms with Crippen LogP contribution in [0.4, 0.5) is 4.79 Å². The molecule has 0 fully saturated rings. The zero-order chi connectivity index (χ0) is 11.7. The lowest BCUT2D eigenvalue weighted by Gasteiger charge is -2.05. The molecule has 0 saturated carbocycles. The molecule has 8 nitrogen and oxygen atoms in total. The molecule has 0 spiro atoms. The number of nitrogens with one attached hydrogen (secondary N) is 2. The second-order valence-electron chi connectivity index (χ2n) is 2.49. The summed E-state index contributed by atoms with van der Waals surface area (Å²) < 4.78 is 4.54. The first-order valence-electron chi connectivity index (χ1n) is 4.35. The van der Waals surface area contributed by atoms with Gasteiger partial charge >= 0.3 is 6.09 Å². The van der Waals surface area contributed by atoms with Crippen molar-refractivity contribution in [2.45, 2.75) is 6.92 Å². The van der Waals surface area contributed by atoms with Gasteiger partial charge in [0.2, 0.25) is 0 Å². The van der Waals surface area contributed by atoms with Crippen molar-refractivity contribution in [2.24, 2.45) is 0 Å². The maximum Gasteiger partial charge on any atom is 0.407 e. The van der Waals surface area contributed by atoms with Crippen LogP contribution in [0.5, 0.6) is 0 Å². The van der Waals surface area contributed by atoms with Gasteiger partial charge < -0.3 is 15.4 Å². The Labute approximate surface area is 86.1 Å². The van der Waals surface area contributed by atoms with Gasteiger partial charge in [0.15, 0.2) is 0 Å². The molecule has 2 amide bonds. The van der Waals surface area contributed by atoms with E-state index < -0.39 is 23.5 Å².